The standard InChI is InChI=1S/C60H36N2/c1-3-13-37(14-4-1)43-19-7-9-21-45(43)47-31-29-41-30-32-50-54(46-22-10-8-20-44(46)38-15-5-2-6-16-38)35-53(49-34-33-48(47)56(41)57(49)50)39-25-27-42(28-26-39)59-58-51-23-11-17-40-18-12-24-52(55(40)51)60(58)62-36-61-59/h1-36H. The predicted molar refractivity (Wildman–Crippen MR) is 260 cm³/mol. The summed E-state index contributed by atoms with van der Waals surface area (Å²) in [5.41, 5.74) is 18.7. The average Bonchev–Trinajstić information content (AvgIpc) is 3.68. The van der Waals surface area contributed by atoms with Crippen LogP contribution in [0.3, 0.4) is 0 Å². The molecule has 0 unspecified atom stereocenters. The van der Waals surface area contributed by atoms with Crippen LogP contribution in [-0.2, 0) is 0 Å². The predicted octanol–water partition coefficient (Wildman–Crippen LogP) is 16.2. The largest absolute Gasteiger partial charge is 0.236 e. The fourth-order valence-electron chi connectivity index (χ4n) is 10.4. The molecule has 0 saturated heterocycles. The summed E-state index contributed by atoms with van der Waals surface area (Å²) in [5.74, 6) is 0. The minimum Gasteiger partial charge on any atom is -0.236 e. The van der Waals surface area contributed by atoms with E-state index in [2.05, 4.69) is 212 Å². The highest BCUT2D eigenvalue weighted by Gasteiger charge is 2.27. The van der Waals surface area contributed by atoms with Crippen LogP contribution in [-0.4, -0.2) is 9.97 Å². The van der Waals surface area contributed by atoms with E-state index in [1.165, 1.54) is 104 Å². The summed E-state index contributed by atoms with van der Waals surface area (Å²) in [6, 6.07) is 77.8. The zero-order chi connectivity index (χ0) is 40.7. The molecule has 1 aliphatic rings. The van der Waals surface area contributed by atoms with Crippen LogP contribution in [0.25, 0.3) is 132 Å². The zero-order valence-electron chi connectivity index (χ0n) is 33.7. The van der Waals surface area contributed by atoms with Crippen LogP contribution in [0.1, 0.15) is 0 Å². The topological polar surface area (TPSA) is 25.8 Å². The minimum atomic E-state index is 0.960. The Balaban J connectivity index is 1.05. The second kappa shape index (κ2) is 13.7. The van der Waals surface area contributed by atoms with E-state index in [9.17, 15) is 0 Å². The van der Waals surface area contributed by atoms with Crippen molar-refractivity contribution in [1.82, 2.24) is 9.97 Å². The first-order valence-corrected chi connectivity index (χ1v) is 21.3. The maximum atomic E-state index is 4.94. The summed E-state index contributed by atoms with van der Waals surface area (Å²) >= 11 is 0. The molecule has 13 rings (SSSR count). The molecular formula is C60H36N2. The lowest BCUT2D eigenvalue weighted by Gasteiger charge is -2.21. The van der Waals surface area contributed by atoms with Gasteiger partial charge >= 0.3 is 0 Å². The molecule has 0 atom stereocenters. The number of rotatable bonds is 6. The fourth-order valence-corrected chi connectivity index (χ4v) is 10.4. The first-order chi connectivity index (χ1) is 30.8. The third-order valence-corrected chi connectivity index (χ3v) is 13.1. The van der Waals surface area contributed by atoms with Crippen LogP contribution in [0, 0.1) is 0 Å². The first-order valence-electron chi connectivity index (χ1n) is 21.3. The fraction of sp³-hybridized carbons (Fsp3) is 0. The Bertz CT molecular complexity index is 3710. The molecule has 2 heteroatoms. The highest BCUT2D eigenvalue weighted by molar-refractivity contribution is 6.30. The third-order valence-electron chi connectivity index (χ3n) is 13.1. The number of hydrogen-bond donors (Lipinski definition) is 0. The quantitative estimate of drug-likeness (QED) is 0.157. The first kappa shape index (κ1) is 34.6. The van der Waals surface area contributed by atoms with Gasteiger partial charge in [0.25, 0.3) is 0 Å². The Morgan fingerprint density at radius 1 is 0.242 bits per heavy atom. The Morgan fingerprint density at radius 3 is 1.42 bits per heavy atom. The maximum Gasteiger partial charge on any atom is 0.116 e. The number of hydrogen-bond acceptors (Lipinski definition) is 2. The third kappa shape index (κ3) is 5.17. The SMILES string of the molecule is c1ccc(-c2ccccc2-c2ccc3ccc4c(-c5ccccc5-c5ccccc5)cc(-c5ccc(-c6ncnc7c6-c6cccc8cccc-7c68)cc5)c5ccc2c3c54)cc1. The van der Waals surface area contributed by atoms with Gasteiger partial charge in [0.1, 0.15) is 6.33 Å². The van der Waals surface area contributed by atoms with Crippen LogP contribution in [0.15, 0.2) is 219 Å². The summed E-state index contributed by atoms with van der Waals surface area (Å²) in [6.07, 6.45) is 1.72. The number of benzene rings is 11. The lowest BCUT2D eigenvalue weighted by Crippen LogP contribution is -1.94. The van der Waals surface area contributed by atoms with Crippen molar-refractivity contribution in [1.29, 1.82) is 0 Å². The van der Waals surface area contributed by atoms with Crippen LogP contribution in [0.5, 0.6) is 0 Å². The lowest BCUT2D eigenvalue weighted by atomic mass is 9.82. The Labute approximate surface area is 359 Å². The average molecular weight is 785 g/mol. The summed E-state index contributed by atoms with van der Waals surface area (Å²) in [4.78, 5) is 9.76. The van der Waals surface area contributed by atoms with Crippen LogP contribution in [0.2, 0.25) is 0 Å². The van der Waals surface area contributed by atoms with Crippen molar-refractivity contribution in [3.63, 3.8) is 0 Å². The van der Waals surface area contributed by atoms with Gasteiger partial charge in [-0.15, -0.1) is 0 Å². The molecule has 286 valence electrons. The van der Waals surface area contributed by atoms with E-state index in [0.29, 0.717) is 0 Å². The van der Waals surface area contributed by atoms with E-state index in [0.717, 1.165) is 28.1 Å². The highest BCUT2D eigenvalue weighted by atomic mass is 14.9. The molecule has 0 fully saturated rings. The summed E-state index contributed by atoms with van der Waals surface area (Å²) in [6.45, 7) is 0. The van der Waals surface area contributed by atoms with Gasteiger partial charge in [0.05, 0.1) is 11.4 Å². The van der Waals surface area contributed by atoms with Crippen LogP contribution >= 0.6 is 0 Å². The van der Waals surface area contributed by atoms with Gasteiger partial charge in [-0.1, -0.05) is 206 Å². The van der Waals surface area contributed by atoms with E-state index >= 15 is 0 Å². The van der Waals surface area contributed by atoms with Gasteiger partial charge < -0.3 is 0 Å². The molecule has 11 aromatic carbocycles. The van der Waals surface area contributed by atoms with Gasteiger partial charge in [-0.05, 0) is 110 Å². The van der Waals surface area contributed by atoms with Gasteiger partial charge in [0.15, 0.2) is 0 Å². The van der Waals surface area contributed by atoms with Gasteiger partial charge in [-0.3, -0.25) is 0 Å². The zero-order valence-corrected chi connectivity index (χ0v) is 33.7. The van der Waals surface area contributed by atoms with E-state index in [1.807, 2.05) is 0 Å². The van der Waals surface area contributed by atoms with Crippen molar-refractivity contribution < 1.29 is 0 Å². The van der Waals surface area contributed by atoms with Crippen molar-refractivity contribution in [3.05, 3.63) is 219 Å². The number of aromatic nitrogens is 2. The Kier molecular flexibility index (Phi) is 7.64. The monoisotopic (exact) mass is 784 g/mol. The summed E-state index contributed by atoms with van der Waals surface area (Å²) in [7, 11) is 0. The van der Waals surface area contributed by atoms with E-state index < -0.39 is 0 Å². The smallest absolute Gasteiger partial charge is 0.116 e. The second-order valence-corrected chi connectivity index (χ2v) is 16.4. The van der Waals surface area contributed by atoms with Crippen molar-refractivity contribution in [3.8, 4) is 89.3 Å². The molecule has 2 nitrogen and oxygen atoms in total. The van der Waals surface area contributed by atoms with E-state index in [1.54, 1.807) is 6.33 Å². The second-order valence-electron chi connectivity index (χ2n) is 16.4. The molecule has 0 N–H and O–H groups in total. The summed E-state index contributed by atoms with van der Waals surface area (Å²) in [5, 5.41) is 10.1. The van der Waals surface area contributed by atoms with Gasteiger partial charge in [-0.2, -0.15) is 0 Å². The van der Waals surface area contributed by atoms with E-state index in [-0.39, 0.29) is 0 Å². The molecule has 0 bridgehead atoms. The normalized spacial score (nSPS) is 11.9. The molecule has 12 aromatic rings. The lowest BCUT2D eigenvalue weighted by molar-refractivity contribution is 1.19. The number of nitrogens with zero attached hydrogens (tertiary/aromatic N) is 2. The van der Waals surface area contributed by atoms with Crippen molar-refractivity contribution in [2.45, 2.75) is 0 Å². The number of fused-ring (bicyclic) bond motifs is 3. The molecule has 0 spiro atoms. The molecule has 0 aliphatic heterocycles. The van der Waals surface area contributed by atoms with E-state index in [4.69, 9.17) is 9.97 Å². The van der Waals surface area contributed by atoms with Gasteiger partial charge in [0.2, 0.25) is 0 Å². The van der Waals surface area contributed by atoms with Crippen LogP contribution in [0.4, 0.5) is 0 Å². The van der Waals surface area contributed by atoms with Gasteiger partial charge in [0, 0.05) is 16.7 Å². The Morgan fingerprint density at radius 2 is 0.726 bits per heavy atom. The molecular weight excluding hydrogens is 749 g/mol. The van der Waals surface area contributed by atoms with Crippen LogP contribution < -0.4 is 0 Å². The van der Waals surface area contributed by atoms with Gasteiger partial charge in [-0.25, -0.2) is 9.97 Å². The molecule has 62 heavy (non-hydrogen) atoms. The molecule has 0 amide bonds. The highest BCUT2D eigenvalue weighted by Crippen LogP contribution is 2.51. The molecule has 1 aromatic heterocycles. The Hall–Kier alpha value is -8.20. The summed E-state index contributed by atoms with van der Waals surface area (Å²) < 4.78 is 0. The molecule has 1 aliphatic carbocycles. The van der Waals surface area contributed by atoms with Crippen molar-refractivity contribution in [2.75, 3.05) is 0 Å². The maximum absolute atomic E-state index is 4.94. The molecule has 0 radical (unpaired) electrons. The minimum absolute atomic E-state index is 0.960. The van der Waals surface area contributed by atoms with Crippen molar-refractivity contribution >= 4 is 43.1 Å². The molecule has 0 saturated carbocycles. The van der Waals surface area contributed by atoms with Crippen molar-refractivity contribution in [2.24, 2.45) is 0 Å². The molecule has 1 heterocycles.